The van der Waals surface area contributed by atoms with Crippen molar-refractivity contribution in [2.75, 3.05) is 12.3 Å². The SMILES string of the molecule is CC1=C2CC3C(CC=C4CC(O)CCC43C)C2CCC12CC1C(CC(C)CN1C(=O)CCSSc1ccccn1)O2. The topological polar surface area (TPSA) is 62.7 Å². The Hall–Kier alpha value is -1.28. The van der Waals surface area contributed by atoms with Crippen molar-refractivity contribution in [3.8, 4) is 0 Å². The van der Waals surface area contributed by atoms with Crippen LogP contribution in [0.5, 0.6) is 0 Å². The smallest absolute Gasteiger partial charge is 0.223 e. The lowest BCUT2D eigenvalue weighted by Gasteiger charge is -2.49. The van der Waals surface area contributed by atoms with Gasteiger partial charge in [0.2, 0.25) is 5.91 Å². The van der Waals surface area contributed by atoms with Crippen molar-refractivity contribution < 1.29 is 14.6 Å². The number of aromatic nitrogens is 1. The van der Waals surface area contributed by atoms with Crippen molar-refractivity contribution in [2.45, 2.75) is 114 Å². The summed E-state index contributed by atoms with van der Waals surface area (Å²) < 4.78 is 7.13. The summed E-state index contributed by atoms with van der Waals surface area (Å²) in [6.07, 6.45) is 14.6. The van der Waals surface area contributed by atoms with Gasteiger partial charge in [-0.1, -0.05) is 47.9 Å². The molecule has 9 unspecified atom stereocenters. The van der Waals surface area contributed by atoms with Crippen molar-refractivity contribution in [1.82, 2.24) is 9.88 Å². The van der Waals surface area contributed by atoms with Crippen LogP contribution in [0.3, 0.4) is 0 Å². The molecule has 1 spiro atoms. The third kappa shape index (κ3) is 4.95. The summed E-state index contributed by atoms with van der Waals surface area (Å²) in [5.74, 6) is 3.68. The predicted octanol–water partition coefficient (Wildman–Crippen LogP) is 7.22. The molecule has 7 heteroatoms. The fraction of sp³-hybridized carbons (Fsp3) is 0.706. The van der Waals surface area contributed by atoms with Crippen LogP contribution in [0, 0.1) is 29.1 Å². The molecule has 41 heavy (non-hydrogen) atoms. The van der Waals surface area contributed by atoms with Crippen LogP contribution in [0.1, 0.15) is 85.0 Å². The van der Waals surface area contributed by atoms with Gasteiger partial charge >= 0.3 is 0 Å². The first-order valence-electron chi connectivity index (χ1n) is 16.0. The lowest BCUT2D eigenvalue weighted by Crippen LogP contribution is -2.51. The van der Waals surface area contributed by atoms with Crippen LogP contribution in [-0.4, -0.2) is 57.0 Å². The minimum Gasteiger partial charge on any atom is -0.393 e. The van der Waals surface area contributed by atoms with E-state index in [0.717, 1.165) is 61.8 Å². The number of carbonyl (C=O) groups excluding carboxylic acids is 1. The van der Waals surface area contributed by atoms with E-state index < -0.39 is 0 Å². The number of rotatable bonds is 5. The number of pyridine rings is 1. The number of aliphatic hydroxyl groups excluding tert-OH is 1. The number of hydrogen-bond donors (Lipinski definition) is 1. The lowest BCUT2D eigenvalue weighted by molar-refractivity contribution is -0.138. The molecule has 1 amide bonds. The van der Waals surface area contributed by atoms with Crippen molar-refractivity contribution >= 4 is 27.5 Å². The van der Waals surface area contributed by atoms with Gasteiger partial charge in [-0.3, -0.25) is 4.79 Å². The number of nitrogens with zero attached hydrogens (tertiary/aromatic N) is 2. The van der Waals surface area contributed by atoms with E-state index in [1.807, 2.05) is 24.4 Å². The second-order valence-corrected chi connectivity index (χ2v) is 16.6. The Kier molecular flexibility index (Phi) is 7.65. The Bertz CT molecular complexity index is 1240. The van der Waals surface area contributed by atoms with E-state index in [2.05, 4.69) is 36.7 Å². The Labute approximate surface area is 253 Å². The van der Waals surface area contributed by atoms with E-state index >= 15 is 0 Å². The monoisotopic (exact) mass is 594 g/mol. The molecule has 2 aliphatic heterocycles. The Morgan fingerprint density at radius 2 is 2.12 bits per heavy atom. The second kappa shape index (κ2) is 11.0. The summed E-state index contributed by atoms with van der Waals surface area (Å²) in [6.45, 7) is 8.03. The molecule has 2 saturated heterocycles. The van der Waals surface area contributed by atoms with Gasteiger partial charge in [-0.05, 0) is 116 Å². The van der Waals surface area contributed by atoms with Gasteiger partial charge in [-0.2, -0.15) is 0 Å². The molecule has 1 aromatic rings. The normalized spacial score (nSPS) is 41.5. The van der Waals surface area contributed by atoms with E-state index in [1.54, 1.807) is 27.2 Å². The number of hydrogen-bond acceptors (Lipinski definition) is 6. The molecule has 7 rings (SSSR count). The number of amides is 1. The van der Waals surface area contributed by atoms with Gasteiger partial charge in [-0.15, -0.1) is 0 Å². The van der Waals surface area contributed by atoms with Crippen molar-refractivity contribution in [2.24, 2.45) is 29.1 Å². The third-order valence-electron chi connectivity index (χ3n) is 12.0. The summed E-state index contributed by atoms with van der Waals surface area (Å²) in [6, 6.07) is 6.16. The maximum absolute atomic E-state index is 13.6. The minimum absolute atomic E-state index is 0.152. The number of likely N-dealkylation sites (tertiary alicyclic amines) is 1. The van der Waals surface area contributed by atoms with E-state index in [9.17, 15) is 9.90 Å². The van der Waals surface area contributed by atoms with Crippen LogP contribution >= 0.6 is 21.6 Å². The highest BCUT2D eigenvalue weighted by Gasteiger charge is 2.59. The number of carbonyl (C=O) groups is 1. The van der Waals surface area contributed by atoms with E-state index in [4.69, 9.17) is 4.74 Å². The van der Waals surface area contributed by atoms with Crippen molar-refractivity contribution in [3.05, 3.63) is 47.2 Å². The third-order valence-corrected chi connectivity index (χ3v) is 14.2. The molecule has 4 aliphatic carbocycles. The van der Waals surface area contributed by atoms with Crippen LogP contribution in [0.4, 0.5) is 0 Å². The highest BCUT2D eigenvalue weighted by atomic mass is 33.1. The number of allylic oxidation sites excluding steroid dienone is 2. The zero-order valence-corrected chi connectivity index (χ0v) is 26.5. The largest absolute Gasteiger partial charge is 0.393 e. The van der Waals surface area contributed by atoms with Crippen molar-refractivity contribution in [1.29, 1.82) is 0 Å². The van der Waals surface area contributed by atoms with Gasteiger partial charge in [0.05, 0.1) is 23.9 Å². The number of fused-ring (bicyclic) bond motifs is 6. The maximum Gasteiger partial charge on any atom is 0.223 e. The quantitative estimate of drug-likeness (QED) is 0.221. The van der Waals surface area contributed by atoms with Crippen LogP contribution in [0.2, 0.25) is 0 Å². The molecule has 222 valence electrons. The summed E-state index contributed by atoms with van der Waals surface area (Å²) in [5.41, 5.74) is 4.80. The molecular formula is C34H46N2O3S2. The first kappa shape index (κ1) is 28.5. The number of piperidine rings is 1. The van der Waals surface area contributed by atoms with E-state index in [1.165, 1.54) is 30.4 Å². The highest BCUT2D eigenvalue weighted by Crippen LogP contribution is 2.64. The van der Waals surface area contributed by atoms with Crippen molar-refractivity contribution in [3.63, 3.8) is 0 Å². The predicted molar refractivity (Wildman–Crippen MR) is 166 cm³/mol. The molecule has 6 aliphatic rings. The van der Waals surface area contributed by atoms with Gasteiger partial charge in [0.1, 0.15) is 5.03 Å². The average Bonchev–Trinajstić information content (AvgIpc) is 3.54. The average molecular weight is 595 g/mol. The number of ether oxygens (including phenoxy) is 1. The minimum atomic E-state index is -0.194. The first-order chi connectivity index (χ1) is 19.8. The van der Waals surface area contributed by atoms with Gasteiger partial charge in [0.15, 0.2) is 0 Å². The maximum atomic E-state index is 13.6. The van der Waals surface area contributed by atoms with Gasteiger partial charge in [-0.25, -0.2) is 4.98 Å². The number of aliphatic hydroxyl groups is 1. The summed E-state index contributed by atoms with van der Waals surface area (Å²) >= 11 is 0. The Morgan fingerprint density at radius 3 is 2.95 bits per heavy atom. The Balaban J connectivity index is 1.06. The highest BCUT2D eigenvalue weighted by molar-refractivity contribution is 8.76. The van der Waals surface area contributed by atoms with Crippen LogP contribution < -0.4 is 0 Å². The zero-order chi connectivity index (χ0) is 28.4. The lowest BCUT2D eigenvalue weighted by atomic mass is 9.56. The van der Waals surface area contributed by atoms with Gasteiger partial charge < -0.3 is 14.7 Å². The summed E-state index contributed by atoms with van der Waals surface area (Å²) in [7, 11) is 3.38. The van der Waals surface area contributed by atoms with E-state index in [-0.39, 0.29) is 29.3 Å². The summed E-state index contributed by atoms with van der Waals surface area (Å²) in [5, 5.41) is 11.4. The molecule has 5 nitrogen and oxygen atoms in total. The standard InChI is InChI=1S/C34H46N2O3S2/c1-21-16-30-29(36(20-21)32(38)11-15-40-41-31-6-4-5-14-35-31)19-34(39-30)13-10-25-26-8-7-23-17-24(37)9-12-33(23,3)28(26)18-27(25)22(34)2/h4-7,14,21,24-26,28-30,37H,8-13,15-20H2,1-3H3. The zero-order valence-electron chi connectivity index (χ0n) is 24.9. The van der Waals surface area contributed by atoms with E-state index in [0.29, 0.717) is 30.1 Å². The molecule has 9 atom stereocenters. The second-order valence-electron chi connectivity index (χ2n) is 14.2. The fourth-order valence-corrected chi connectivity index (χ4v) is 11.7. The molecule has 0 aromatic carbocycles. The molecule has 2 saturated carbocycles. The molecule has 0 bridgehead atoms. The fourth-order valence-electron chi connectivity index (χ4n) is 9.83. The first-order valence-corrected chi connectivity index (χ1v) is 18.3. The molecule has 1 aromatic heterocycles. The molecule has 1 N–H and O–H groups in total. The molecule has 0 radical (unpaired) electrons. The molecule has 3 heterocycles. The van der Waals surface area contributed by atoms with Gasteiger partial charge in [0.25, 0.3) is 0 Å². The van der Waals surface area contributed by atoms with Crippen LogP contribution in [-0.2, 0) is 9.53 Å². The molecular weight excluding hydrogens is 549 g/mol. The van der Waals surface area contributed by atoms with Crippen LogP contribution in [0.15, 0.2) is 52.2 Å². The van der Waals surface area contributed by atoms with Crippen LogP contribution in [0.25, 0.3) is 0 Å². The molecule has 4 fully saturated rings. The Morgan fingerprint density at radius 1 is 1.24 bits per heavy atom. The van der Waals surface area contributed by atoms with Gasteiger partial charge in [0, 0.05) is 31.3 Å². The summed E-state index contributed by atoms with van der Waals surface area (Å²) in [4.78, 5) is 20.2.